The molecule has 20 heavy (non-hydrogen) atoms. The minimum absolute atomic E-state index is 0.645. The first kappa shape index (κ1) is 14.6. The third-order valence-electron chi connectivity index (χ3n) is 2.61. The van der Waals surface area contributed by atoms with E-state index >= 15 is 0 Å². The first-order chi connectivity index (χ1) is 9.63. The van der Waals surface area contributed by atoms with E-state index in [4.69, 9.17) is 21.7 Å². The van der Waals surface area contributed by atoms with Gasteiger partial charge in [0.05, 0.1) is 0 Å². The van der Waals surface area contributed by atoms with Gasteiger partial charge in [-0.25, -0.2) is 0 Å². The fourth-order valence-electron chi connectivity index (χ4n) is 1.57. The predicted molar refractivity (Wildman–Crippen MR) is 82.2 cm³/mol. The molecule has 0 spiro atoms. The molecule has 1 aromatic carbocycles. The van der Waals surface area contributed by atoms with Crippen molar-refractivity contribution >= 4 is 12.2 Å². The van der Waals surface area contributed by atoms with Gasteiger partial charge in [0.1, 0.15) is 28.5 Å². The fraction of sp³-hybridized carbons (Fsp3) is 0.267. The molecule has 106 valence electrons. The number of likely N-dealkylation sites (N-methyl/N-ethyl adjacent to an activating group) is 1. The van der Waals surface area contributed by atoms with Gasteiger partial charge in [0, 0.05) is 18.8 Å². The molecule has 1 aromatic heterocycles. The van der Waals surface area contributed by atoms with E-state index in [-0.39, 0.29) is 0 Å². The maximum Gasteiger partial charge on any atom is 0.131 e. The van der Waals surface area contributed by atoms with E-state index in [1.54, 1.807) is 12.3 Å². The molecule has 0 amide bonds. The molecule has 1 heterocycles. The summed E-state index contributed by atoms with van der Waals surface area (Å²) in [5, 5.41) is 0. The van der Waals surface area contributed by atoms with E-state index in [0.717, 1.165) is 23.8 Å². The molecule has 0 saturated carbocycles. The van der Waals surface area contributed by atoms with Crippen molar-refractivity contribution in [3.63, 3.8) is 0 Å². The maximum atomic E-state index is 5.71. The first-order valence-electron chi connectivity index (χ1n) is 6.38. The van der Waals surface area contributed by atoms with Crippen molar-refractivity contribution in [1.29, 1.82) is 0 Å². The van der Waals surface area contributed by atoms with Crippen LogP contribution >= 0.6 is 12.2 Å². The quantitative estimate of drug-likeness (QED) is 0.827. The van der Waals surface area contributed by atoms with Crippen molar-refractivity contribution in [2.45, 2.75) is 0 Å². The molecule has 0 radical (unpaired) electrons. The third kappa shape index (κ3) is 4.68. The number of hydrogen-bond acceptors (Lipinski definition) is 4. The minimum Gasteiger partial charge on any atom is -0.492 e. The van der Waals surface area contributed by atoms with Crippen LogP contribution in [0.25, 0.3) is 0 Å². The van der Waals surface area contributed by atoms with Crippen LogP contribution in [0.15, 0.2) is 42.6 Å². The molecule has 0 saturated heterocycles. The first-order valence-corrected chi connectivity index (χ1v) is 6.78. The summed E-state index contributed by atoms with van der Waals surface area (Å²) in [5.41, 5.74) is 0. The van der Waals surface area contributed by atoms with Crippen LogP contribution in [0, 0.1) is 4.64 Å². The highest BCUT2D eigenvalue weighted by Crippen LogP contribution is 2.23. The van der Waals surface area contributed by atoms with Crippen LogP contribution in [-0.4, -0.2) is 37.1 Å². The summed E-state index contributed by atoms with van der Waals surface area (Å²) < 4.78 is 12.0. The average molecular weight is 290 g/mol. The molecule has 5 heteroatoms. The summed E-state index contributed by atoms with van der Waals surface area (Å²) in [7, 11) is 4.04. The summed E-state index contributed by atoms with van der Waals surface area (Å²) in [6.07, 6.45) is 1.76. The Labute approximate surface area is 124 Å². The largest absolute Gasteiger partial charge is 0.492 e. The molecule has 0 fully saturated rings. The zero-order valence-electron chi connectivity index (χ0n) is 11.6. The molecular weight excluding hydrogens is 272 g/mol. The monoisotopic (exact) mass is 290 g/mol. The van der Waals surface area contributed by atoms with Gasteiger partial charge in [-0.3, -0.25) is 0 Å². The molecule has 4 nitrogen and oxygen atoms in total. The number of pyridine rings is 1. The number of aromatic amines is 1. The van der Waals surface area contributed by atoms with Gasteiger partial charge in [0.25, 0.3) is 0 Å². The molecule has 1 N–H and O–H groups in total. The lowest BCUT2D eigenvalue weighted by molar-refractivity contribution is 0.261. The molecule has 0 bridgehead atoms. The summed E-state index contributed by atoms with van der Waals surface area (Å²) in [6, 6.07) is 11.2. The number of hydrogen-bond donors (Lipinski definition) is 1. The van der Waals surface area contributed by atoms with Crippen LogP contribution in [0.1, 0.15) is 0 Å². The number of benzene rings is 1. The van der Waals surface area contributed by atoms with E-state index in [1.165, 1.54) is 0 Å². The Morgan fingerprint density at radius 1 is 1.05 bits per heavy atom. The molecule has 0 unspecified atom stereocenters. The van der Waals surface area contributed by atoms with Gasteiger partial charge in [-0.15, -0.1) is 0 Å². The highest BCUT2D eigenvalue weighted by atomic mass is 32.1. The Balaban J connectivity index is 1.93. The summed E-state index contributed by atoms with van der Waals surface area (Å²) in [5.74, 6) is 2.31. The molecule has 2 aromatic rings. The van der Waals surface area contributed by atoms with Gasteiger partial charge >= 0.3 is 0 Å². The summed E-state index contributed by atoms with van der Waals surface area (Å²) in [4.78, 5) is 4.99. The highest BCUT2D eigenvalue weighted by Gasteiger charge is 1.99. The Hall–Kier alpha value is -1.85. The third-order valence-corrected chi connectivity index (χ3v) is 2.85. The Morgan fingerprint density at radius 2 is 1.75 bits per heavy atom. The minimum atomic E-state index is 0.645. The van der Waals surface area contributed by atoms with Gasteiger partial charge in [-0.1, -0.05) is 12.2 Å². The lowest BCUT2D eigenvalue weighted by atomic mass is 10.3. The van der Waals surface area contributed by atoms with Gasteiger partial charge < -0.3 is 19.4 Å². The zero-order valence-corrected chi connectivity index (χ0v) is 12.4. The smallest absolute Gasteiger partial charge is 0.131 e. The van der Waals surface area contributed by atoms with Crippen molar-refractivity contribution in [1.82, 2.24) is 9.88 Å². The normalized spacial score (nSPS) is 10.6. The molecule has 0 aliphatic rings. The van der Waals surface area contributed by atoms with Crippen LogP contribution in [0.5, 0.6) is 17.2 Å². The second kappa shape index (κ2) is 7.07. The summed E-state index contributed by atoms with van der Waals surface area (Å²) >= 11 is 5.05. The van der Waals surface area contributed by atoms with E-state index < -0.39 is 0 Å². The van der Waals surface area contributed by atoms with Crippen molar-refractivity contribution in [2.75, 3.05) is 27.2 Å². The van der Waals surface area contributed by atoms with E-state index in [9.17, 15) is 0 Å². The number of H-pyrrole nitrogens is 1. The lowest BCUT2D eigenvalue weighted by Gasteiger charge is -2.11. The molecule has 0 aliphatic heterocycles. The van der Waals surface area contributed by atoms with Crippen molar-refractivity contribution in [2.24, 2.45) is 0 Å². The Bertz CT molecular complexity index is 593. The molecule has 0 aliphatic carbocycles. The second-order valence-electron chi connectivity index (χ2n) is 4.61. The number of aromatic nitrogens is 1. The van der Waals surface area contributed by atoms with Crippen molar-refractivity contribution < 1.29 is 9.47 Å². The van der Waals surface area contributed by atoms with E-state index in [1.807, 2.05) is 44.4 Å². The van der Waals surface area contributed by atoms with Gasteiger partial charge in [-0.05, 0) is 44.4 Å². The topological polar surface area (TPSA) is 37.5 Å². The Kier molecular flexibility index (Phi) is 5.15. The number of nitrogens with zero attached hydrogens (tertiary/aromatic N) is 1. The number of rotatable bonds is 6. The molecular formula is C15H18N2O2S. The molecule has 0 atom stereocenters. The lowest BCUT2D eigenvalue weighted by Crippen LogP contribution is -2.19. The van der Waals surface area contributed by atoms with Gasteiger partial charge in [-0.2, -0.15) is 0 Å². The van der Waals surface area contributed by atoms with Gasteiger partial charge in [0.2, 0.25) is 0 Å². The highest BCUT2D eigenvalue weighted by molar-refractivity contribution is 7.71. The summed E-state index contributed by atoms with van der Waals surface area (Å²) in [6.45, 7) is 1.56. The van der Waals surface area contributed by atoms with Crippen LogP contribution in [-0.2, 0) is 0 Å². The SMILES string of the molecule is CN(C)CCOc1ccc(Oc2cc[nH]c(=S)c2)cc1. The van der Waals surface area contributed by atoms with E-state index in [2.05, 4.69) is 9.88 Å². The van der Waals surface area contributed by atoms with Gasteiger partial charge in [0.15, 0.2) is 0 Å². The fourth-order valence-corrected chi connectivity index (χ4v) is 1.76. The maximum absolute atomic E-state index is 5.71. The van der Waals surface area contributed by atoms with E-state index in [0.29, 0.717) is 11.2 Å². The number of ether oxygens (including phenoxy) is 2. The van der Waals surface area contributed by atoms with Crippen molar-refractivity contribution in [3.05, 3.63) is 47.2 Å². The van der Waals surface area contributed by atoms with Crippen LogP contribution < -0.4 is 9.47 Å². The molecule has 2 rings (SSSR count). The predicted octanol–water partition coefficient (Wildman–Crippen LogP) is 3.48. The van der Waals surface area contributed by atoms with Crippen LogP contribution in [0.2, 0.25) is 0 Å². The van der Waals surface area contributed by atoms with Crippen LogP contribution in [0.3, 0.4) is 0 Å². The standard InChI is InChI=1S/C15H18N2O2S/c1-17(2)9-10-18-12-3-5-13(6-4-12)19-14-7-8-16-15(20)11-14/h3-8,11H,9-10H2,1-2H3,(H,16,20). The zero-order chi connectivity index (χ0) is 14.4. The Morgan fingerprint density at radius 3 is 2.40 bits per heavy atom. The second-order valence-corrected chi connectivity index (χ2v) is 5.05. The number of nitrogens with one attached hydrogen (secondary N) is 1. The van der Waals surface area contributed by atoms with Crippen molar-refractivity contribution in [3.8, 4) is 17.2 Å². The average Bonchev–Trinajstić information content (AvgIpc) is 2.40. The van der Waals surface area contributed by atoms with Crippen LogP contribution in [0.4, 0.5) is 0 Å².